The number of thioether (sulfide) groups is 1. The number of carboxylic acids is 1. The Balaban J connectivity index is 1.53. The number of aromatic amines is 1. The van der Waals surface area contributed by atoms with E-state index in [1.807, 2.05) is 35.8 Å². The van der Waals surface area contributed by atoms with Gasteiger partial charge in [0.05, 0.1) is 19.2 Å². The SMILES string of the molecule is COc1ccc(Cl)cc1-c1nc(S/C(=C\c2c(C)n(Cc3ccccc3F)c3ccccc23)C(=O)O)n[nH]1. The number of hydrogen-bond donors (Lipinski definition) is 2. The molecule has 0 fully saturated rings. The minimum Gasteiger partial charge on any atom is -0.496 e. The number of aromatic nitrogens is 4. The Morgan fingerprint density at radius 1 is 1.18 bits per heavy atom. The second-order valence-corrected chi connectivity index (χ2v) is 9.87. The fourth-order valence-electron chi connectivity index (χ4n) is 4.28. The molecule has 0 amide bonds. The molecule has 3 aromatic carbocycles. The number of H-pyrrole nitrogens is 1. The smallest absolute Gasteiger partial charge is 0.342 e. The van der Waals surface area contributed by atoms with Gasteiger partial charge in [-0.05, 0) is 55.1 Å². The van der Waals surface area contributed by atoms with Crippen molar-refractivity contribution in [2.75, 3.05) is 7.11 Å². The van der Waals surface area contributed by atoms with Crippen LogP contribution in [0, 0.1) is 12.7 Å². The Morgan fingerprint density at radius 2 is 1.95 bits per heavy atom. The topological polar surface area (TPSA) is 93.0 Å². The summed E-state index contributed by atoms with van der Waals surface area (Å²) in [5, 5.41) is 18.6. The van der Waals surface area contributed by atoms with Gasteiger partial charge in [-0.15, -0.1) is 5.10 Å². The van der Waals surface area contributed by atoms with Gasteiger partial charge in [-0.3, -0.25) is 5.10 Å². The van der Waals surface area contributed by atoms with Gasteiger partial charge < -0.3 is 14.4 Å². The van der Waals surface area contributed by atoms with Crippen molar-refractivity contribution in [1.29, 1.82) is 0 Å². The predicted molar refractivity (Wildman–Crippen MR) is 147 cm³/mol. The lowest BCUT2D eigenvalue weighted by molar-refractivity contribution is -0.131. The molecule has 0 aliphatic rings. The number of carbonyl (C=O) groups is 1. The Kier molecular flexibility index (Phi) is 7.22. The number of hydrogen-bond acceptors (Lipinski definition) is 5. The van der Waals surface area contributed by atoms with E-state index in [1.54, 1.807) is 42.5 Å². The molecule has 10 heteroatoms. The molecule has 0 saturated heterocycles. The first-order valence-corrected chi connectivity index (χ1v) is 12.8. The van der Waals surface area contributed by atoms with Crippen LogP contribution in [0.5, 0.6) is 5.75 Å². The van der Waals surface area contributed by atoms with Crippen molar-refractivity contribution in [3.63, 3.8) is 0 Å². The van der Waals surface area contributed by atoms with E-state index in [0.29, 0.717) is 34.3 Å². The van der Waals surface area contributed by atoms with Crippen LogP contribution in [-0.4, -0.2) is 37.9 Å². The Morgan fingerprint density at radius 3 is 2.71 bits per heavy atom. The maximum Gasteiger partial charge on any atom is 0.342 e. The Labute approximate surface area is 226 Å². The number of nitrogens with zero attached hydrogens (tertiary/aromatic N) is 3. The van der Waals surface area contributed by atoms with Crippen molar-refractivity contribution in [2.45, 2.75) is 18.6 Å². The van der Waals surface area contributed by atoms with E-state index in [2.05, 4.69) is 15.2 Å². The van der Waals surface area contributed by atoms with Gasteiger partial charge in [0.1, 0.15) is 16.5 Å². The molecule has 7 nitrogen and oxygen atoms in total. The maximum absolute atomic E-state index is 14.4. The van der Waals surface area contributed by atoms with E-state index in [0.717, 1.165) is 33.9 Å². The largest absolute Gasteiger partial charge is 0.496 e. The zero-order chi connectivity index (χ0) is 26.8. The third-order valence-corrected chi connectivity index (χ3v) is 7.25. The van der Waals surface area contributed by atoms with E-state index in [1.165, 1.54) is 13.2 Å². The molecule has 0 saturated carbocycles. The molecule has 192 valence electrons. The molecule has 5 rings (SSSR count). The fraction of sp³-hybridized carbons (Fsp3) is 0.107. The maximum atomic E-state index is 14.4. The normalized spacial score (nSPS) is 11.7. The number of aliphatic carboxylic acids is 1. The van der Waals surface area contributed by atoms with E-state index >= 15 is 0 Å². The number of methoxy groups -OCH3 is 1. The van der Waals surface area contributed by atoms with E-state index in [9.17, 15) is 14.3 Å². The molecule has 5 aromatic rings. The van der Waals surface area contributed by atoms with Gasteiger partial charge in [0, 0.05) is 32.7 Å². The predicted octanol–water partition coefficient (Wildman–Crippen LogP) is 6.80. The van der Waals surface area contributed by atoms with Crippen molar-refractivity contribution >= 4 is 46.3 Å². The van der Waals surface area contributed by atoms with Gasteiger partial charge in [-0.2, -0.15) is 0 Å². The number of rotatable bonds is 8. The summed E-state index contributed by atoms with van der Waals surface area (Å²) in [4.78, 5) is 16.8. The lowest BCUT2D eigenvalue weighted by atomic mass is 10.1. The standard InChI is InChI=1S/C28H22ClFN4O3S/c1-16-20(19-8-4-6-10-23(19)34(16)15-17-7-3-5-9-22(17)30)14-25(27(35)36)38-28-31-26(32-33-28)21-13-18(29)11-12-24(21)37-2/h3-14H,15H2,1-2H3,(H,35,36)(H,31,32,33)/b25-14-. The molecule has 0 bridgehead atoms. The quantitative estimate of drug-likeness (QED) is 0.164. The van der Waals surface area contributed by atoms with Crippen LogP contribution in [0.15, 0.2) is 76.8 Å². The van der Waals surface area contributed by atoms with Crippen LogP contribution in [0.25, 0.3) is 28.4 Å². The van der Waals surface area contributed by atoms with Crippen molar-refractivity contribution in [1.82, 2.24) is 19.7 Å². The molecule has 2 aromatic heterocycles. The summed E-state index contributed by atoms with van der Waals surface area (Å²) in [6.45, 7) is 2.21. The zero-order valence-electron chi connectivity index (χ0n) is 20.4. The molecular weight excluding hydrogens is 527 g/mol. The first-order chi connectivity index (χ1) is 18.4. The molecule has 2 heterocycles. The van der Waals surface area contributed by atoms with Crippen LogP contribution < -0.4 is 4.74 Å². The molecule has 0 spiro atoms. The third-order valence-electron chi connectivity index (χ3n) is 6.13. The highest BCUT2D eigenvalue weighted by molar-refractivity contribution is 8.04. The van der Waals surface area contributed by atoms with Gasteiger partial charge >= 0.3 is 5.97 Å². The number of ether oxygens (including phenoxy) is 1. The molecule has 0 aliphatic carbocycles. The van der Waals surface area contributed by atoms with E-state index in [-0.39, 0.29) is 15.9 Å². The minimum atomic E-state index is -1.12. The molecule has 0 atom stereocenters. The lowest BCUT2D eigenvalue weighted by Crippen LogP contribution is -2.04. The van der Waals surface area contributed by atoms with Crippen LogP contribution in [0.1, 0.15) is 16.8 Å². The molecular formula is C28H22ClFN4O3S. The monoisotopic (exact) mass is 548 g/mol. The van der Waals surface area contributed by atoms with Crippen molar-refractivity contribution in [2.24, 2.45) is 0 Å². The summed E-state index contributed by atoms with van der Waals surface area (Å²) >= 11 is 7.06. The second-order valence-electron chi connectivity index (χ2n) is 8.42. The molecule has 38 heavy (non-hydrogen) atoms. The highest BCUT2D eigenvalue weighted by Crippen LogP contribution is 2.35. The van der Waals surface area contributed by atoms with Gasteiger partial charge in [0.2, 0.25) is 5.16 Å². The van der Waals surface area contributed by atoms with Crippen LogP contribution >= 0.6 is 23.4 Å². The highest BCUT2D eigenvalue weighted by atomic mass is 35.5. The van der Waals surface area contributed by atoms with E-state index in [4.69, 9.17) is 16.3 Å². The molecule has 0 radical (unpaired) electrons. The first kappa shape index (κ1) is 25.6. The summed E-state index contributed by atoms with van der Waals surface area (Å²) in [5.74, 6) is -0.462. The first-order valence-electron chi connectivity index (χ1n) is 11.6. The van der Waals surface area contributed by atoms with Crippen molar-refractivity contribution in [3.05, 3.63) is 99.3 Å². The van der Waals surface area contributed by atoms with Crippen molar-refractivity contribution < 1.29 is 19.0 Å². The number of para-hydroxylation sites is 1. The van der Waals surface area contributed by atoms with Gasteiger partial charge in [0.15, 0.2) is 5.82 Å². The van der Waals surface area contributed by atoms with Gasteiger partial charge in [-0.25, -0.2) is 14.2 Å². The van der Waals surface area contributed by atoms with Gasteiger partial charge in [-0.1, -0.05) is 48.0 Å². The zero-order valence-corrected chi connectivity index (χ0v) is 22.0. The number of nitrogens with one attached hydrogen (secondary N) is 1. The average molecular weight is 549 g/mol. The summed E-state index contributed by atoms with van der Waals surface area (Å²) in [5.41, 5.74) is 3.57. The van der Waals surface area contributed by atoms with Crippen LogP contribution in [0.2, 0.25) is 5.02 Å². The highest BCUT2D eigenvalue weighted by Gasteiger charge is 2.20. The lowest BCUT2D eigenvalue weighted by Gasteiger charge is -2.09. The Hall–Kier alpha value is -4.08. The number of benzene rings is 3. The number of halogens is 2. The minimum absolute atomic E-state index is 0.0329. The summed E-state index contributed by atoms with van der Waals surface area (Å²) in [7, 11) is 1.54. The van der Waals surface area contributed by atoms with Crippen LogP contribution in [0.4, 0.5) is 4.39 Å². The molecule has 2 N–H and O–H groups in total. The van der Waals surface area contributed by atoms with Gasteiger partial charge in [0.25, 0.3) is 0 Å². The summed E-state index contributed by atoms with van der Waals surface area (Å²) in [6, 6.07) is 19.4. The third kappa shape index (κ3) is 5.03. The van der Waals surface area contributed by atoms with E-state index < -0.39 is 5.97 Å². The summed E-state index contributed by atoms with van der Waals surface area (Å²) in [6.07, 6.45) is 1.61. The fourth-order valence-corrected chi connectivity index (χ4v) is 5.14. The van der Waals surface area contributed by atoms with Crippen molar-refractivity contribution in [3.8, 4) is 17.1 Å². The average Bonchev–Trinajstić information content (AvgIpc) is 3.48. The number of carboxylic acid groups (broad SMARTS) is 1. The molecule has 0 unspecified atom stereocenters. The van der Waals surface area contributed by atoms with Crippen LogP contribution in [-0.2, 0) is 11.3 Å². The second kappa shape index (κ2) is 10.7. The Bertz CT molecular complexity index is 1700. The molecule has 0 aliphatic heterocycles. The summed E-state index contributed by atoms with van der Waals surface area (Å²) < 4.78 is 21.8. The van der Waals surface area contributed by atoms with Crippen LogP contribution in [0.3, 0.4) is 0 Å². The number of fused-ring (bicyclic) bond motifs is 1.